The highest BCUT2D eigenvalue weighted by Gasteiger charge is 2.22. The maximum atomic E-state index is 5.21. The molecule has 0 aromatic rings. The SMILES string of the molecule is C#CCSCCNC1CCC(C(C)C)CC1. The fourth-order valence-electron chi connectivity index (χ4n) is 2.46. The van der Waals surface area contributed by atoms with Crippen LogP contribution in [0.25, 0.3) is 0 Å². The minimum Gasteiger partial charge on any atom is -0.313 e. The van der Waals surface area contributed by atoms with Crippen LogP contribution in [0.1, 0.15) is 39.5 Å². The molecule has 0 amide bonds. The summed E-state index contributed by atoms with van der Waals surface area (Å²) in [6.45, 7) is 5.83. The number of rotatable bonds is 6. The molecule has 0 spiro atoms. The van der Waals surface area contributed by atoms with Gasteiger partial charge in [-0.1, -0.05) is 19.8 Å². The first-order chi connectivity index (χ1) is 7.74. The standard InChI is InChI=1S/C14H25NS/c1-4-10-16-11-9-15-14-7-5-13(6-8-14)12(2)3/h1,12-15H,5-11H2,2-3H3. The lowest BCUT2D eigenvalue weighted by Gasteiger charge is -2.31. The van der Waals surface area contributed by atoms with Crippen molar-refractivity contribution in [3.8, 4) is 12.3 Å². The monoisotopic (exact) mass is 239 g/mol. The third-order valence-electron chi connectivity index (χ3n) is 3.58. The summed E-state index contributed by atoms with van der Waals surface area (Å²) >= 11 is 1.85. The molecule has 0 bridgehead atoms. The van der Waals surface area contributed by atoms with Gasteiger partial charge in [-0.2, -0.15) is 0 Å². The van der Waals surface area contributed by atoms with Crippen LogP contribution in [-0.2, 0) is 0 Å². The van der Waals surface area contributed by atoms with Gasteiger partial charge in [0, 0.05) is 18.3 Å². The van der Waals surface area contributed by atoms with Crippen LogP contribution in [0.5, 0.6) is 0 Å². The Morgan fingerprint density at radius 3 is 2.56 bits per heavy atom. The van der Waals surface area contributed by atoms with Gasteiger partial charge in [0.1, 0.15) is 0 Å². The second-order valence-corrected chi connectivity index (χ2v) is 6.17. The van der Waals surface area contributed by atoms with Crippen LogP contribution < -0.4 is 5.32 Å². The van der Waals surface area contributed by atoms with Gasteiger partial charge >= 0.3 is 0 Å². The average molecular weight is 239 g/mol. The van der Waals surface area contributed by atoms with E-state index in [-0.39, 0.29) is 0 Å². The van der Waals surface area contributed by atoms with E-state index in [4.69, 9.17) is 6.42 Å². The van der Waals surface area contributed by atoms with Crippen molar-refractivity contribution in [2.45, 2.75) is 45.6 Å². The predicted octanol–water partition coefficient (Wildman–Crippen LogP) is 3.16. The van der Waals surface area contributed by atoms with E-state index >= 15 is 0 Å². The number of thioether (sulfide) groups is 1. The molecule has 0 aromatic heterocycles. The van der Waals surface area contributed by atoms with Crippen LogP contribution in [0.3, 0.4) is 0 Å². The van der Waals surface area contributed by atoms with Gasteiger partial charge in [0.15, 0.2) is 0 Å². The molecule has 1 saturated carbocycles. The summed E-state index contributed by atoms with van der Waals surface area (Å²) in [6, 6.07) is 0.765. The van der Waals surface area contributed by atoms with Crippen molar-refractivity contribution < 1.29 is 0 Å². The maximum absolute atomic E-state index is 5.21. The van der Waals surface area contributed by atoms with Gasteiger partial charge in [0.05, 0.1) is 5.75 Å². The van der Waals surface area contributed by atoms with Crippen molar-refractivity contribution in [1.29, 1.82) is 0 Å². The smallest absolute Gasteiger partial charge is 0.0545 e. The zero-order valence-electron chi connectivity index (χ0n) is 10.7. The third-order valence-corrected chi connectivity index (χ3v) is 4.44. The summed E-state index contributed by atoms with van der Waals surface area (Å²) in [7, 11) is 0. The molecule has 0 unspecified atom stereocenters. The largest absolute Gasteiger partial charge is 0.313 e. The van der Waals surface area contributed by atoms with Crippen molar-refractivity contribution in [1.82, 2.24) is 5.32 Å². The van der Waals surface area contributed by atoms with E-state index in [2.05, 4.69) is 25.1 Å². The van der Waals surface area contributed by atoms with Crippen molar-refractivity contribution in [2.75, 3.05) is 18.1 Å². The topological polar surface area (TPSA) is 12.0 Å². The molecule has 0 heterocycles. The molecule has 1 nitrogen and oxygen atoms in total. The Balaban J connectivity index is 2.02. The van der Waals surface area contributed by atoms with E-state index in [0.29, 0.717) is 0 Å². The van der Waals surface area contributed by atoms with Gasteiger partial charge < -0.3 is 5.32 Å². The molecule has 0 atom stereocenters. The van der Waals surface area contributed by atoms with Crippen LogP contribution >= 0.6 is 11.8 Å². The lowest BCUT2D eigenvalue weighted by molar-refractivity contribution is 0.241. The second kappa shape index (κ2) is 8.03. The molecule has 0 aliphatic heterocycles. The molecule has 1 rings (SSSR count). The Morgan fingerprint density at radius 1 is 1.31 bits per heavy atom. The van der Waals surface area contributed by atoms with Crippen LogP contribution in [0.2, 0.25) is 0 Å². The maximum Gasteiger partial charge on any atom is 0.0545 e. The van der Waals surface area contributed by atoms with E-state index in [9.17, 15) is 0 Å². The molecule has 1 N–H and O–H groups in total. The minimum absolute atomic E-state index is 0.765. The predicted molar refractivity (Wildman–Crippen MR) is 74.7 cm³/mol. The molecular weight excluding hydrogens is 214 g/mol. The van der Waals surface area contributed by atoms with E-state index in [0.717, 1.165) is 35.9 Å². The minimum atomic E-state index is 0.765. The quantitative estimate of drug-likeness (QED) is 0.564. The zero-order chi connectivity index (χ0) is 11.8. The Bertz CT molecular complexity index is 211. The molecule has 16 heavy (non-hydrogen) atoms. The van der Waals surface area contributed by atoms with Crippen LogP contribution in [0, 0.1) is 24.2 Å². The van der Waals surface area contributed by atoms with Crippen molar-refractivity contribution in [2.24, 2.45) is 11.8 Å². The number of hydrogen-bond donors (Lipinski definition) is 1. The summed E-state index contributed by atoms with van der Waals surface area (Å²) in [5, 5.41) is 3.65. The molecule has 1 aliphatic rings. The van der Waals surface area contributed by atoms with Crippen molar-refractivity contribution in [3.63, 3.8) is 0 Å². The summed E-state index contributed by atoms with van der Waals surface area (Å²) in [5.41, 5.74) is 0. The Hall–Kier alpha value is -0.130. The molecule has 92 valence electrons. The van der Waals surface area contributed by atoms with E-state index in [1.165, 1.54) is 25.7 Å². The lowest BCUT2D eigenvalue weighted by atomic mass is 9.80. The van der Waals surface area contributed by atoms with Crippen LogP contribution in [-0.4, -0.2) is 24.1 Å². The highest BCUT2D eigenvalue weighted by Crippen LogP contribution is 2.29. The van der Waals surface area contributed by atoms with Crippen molar-refractivity contribution in [3.05, 3.63) is 0 Å². The molecule has 2 heteroatoms. The summed E-state index contributed by atoms with van der Waals surface area (Å²) in [4.78, 5) is 0. The van der Waals surface area contributed by atoms with Gasteiger partial charge in [0.2, 0.25) is 0 Å². The number of hydrogen-bond acceptors (Lipinski definition) is 2. The normalized spacial score (nSPS) is 25.6. The van der Waals surface area contributed by atoms with E-state index in [1.807, 2.05) is 11.8 Å². The Morgan fingerprint density at radius 2 is 2.00 bits per heavy atom. The highest BCUT2D eigenvalue weighted by molar-refractivity contribution is 7.99. The molecule has 1 fully saturated rings. The zero-order valence-corrected chi connectivity index (χ0v) is 11.5. The third kappa shape index (κ3) is 5.27. The first-order valence-corrected chi connectivity index (χ1v) is 7.64. The number of nitrogens with one attached hydrogen (secondary N) is 1. The first-order valence-electron chi connectivity index (χ1n) is 6.48. The fourth-order valence-corrected chi connectivity index (χ4v) is 2.98. The second-order valence-electron chi connectivity index (χ2n) is 5.07. The van der Waals surface area contributed by atoms with Gasteiger partial charge in [0.25, 0.3) is 0 Å². The Kier molecular flexibility index (Phi) is 7.00. The molecule has 1 aliphatic carbocycles. The molecule has 0 radical (unpaired) electrons. The van der Waals surface area contributed by atoms with Gasteiger partial charge in [-0.05, 0) is 37.5 Å². The van der Waals surface area contributed by atoms with E-state index in [1.54, 1.807) is 0 Å². The lowest BCUT2D eigenvalue weighted by Crippen LogP contribution is -2.35. The molecular formula is C14H25NS. The average Bonchev–Trinajstić information content (AvgIpc) is 2.29. The molecule has 0 saturated heterocycles. The van der Waals surface area contributed by atoms with E-state index < -0.39 is 0 Å². The number of terminal acetylenes is 1. The first kappa shape index (κ1) is 13.9. The summed E-state index contributed by atoms with van der Waals surface area (Å²) in [6.07, 6.45) is 10.8. The van der Waals surface area contributed by atoms with Crippen LogP contribution in [0.15, 0.2) is 0 Å². The summed E-state index contributed by atoms with van der Waals surface area (Å²) in [5.74, 6) is 6.49. The van der Waals surface area contributed by atoms with Gasteiger partial charge in [-0.25, -0.2) is 0 Å². The van der Waals surface area contributed by atoms with Gasteiger partial charge in [-0.15, -0.1) is 18.2 Å². The van der Waals surface area contributed by atoms with Crippen molar-refractivity contribution >= 4 is 11.8 Å². The Labute approximate surface area is 105 Å². The molecule has 0 aromatic carbocycles. The van der Waals surface area contributed by atoms with Gasteiger partial charge in [-0.3, -0.25) is 0 Å². The summed E-state index contributed by atoms with van der Waals surface area (Å²) < 4.78 is 0. The van der Waals surface area contributed by atoms with Crippen LogP contribution in [0.4, 0.5) is 0 Å². The fraction of sp³-hybridized carbons (Fsp3) is 0.857. The highest BCUT2D eigenvalue weighted by atomic mass is 32.2.